The Hall–Kier alpha value is -2.24. The number of hydrogen-bond acceptors (Lipinski definition) is 6. The Labute approximate surface area is 209 Å². The number of esters is 2. The van der Waals surface area contributed by atoms with E-state index in [1.807, 2.05) is 33.8 Å². The molecular formula is C29H42O6. The van der Waals surface area contributed by atoms with Crippen LogP contribution in [0.25, 0.3) is 0 Å². The van der Waals surface area contributed by atoms with Gasteiger partial charge in [0.2, 0.25) is 0 Å². The van der Waals surface area contributed by atoms with Crippen LogP contribution in [0, 0.1) is 34.0 Å². The molecule has 3 rings (SSSR count). The van der Waals surface area contributed by atoms with Gasteiger partial charge in [0.15, 0.2) is 17.7 Å². The van der Waals surface area contributed by atoms with E-state index in [0.717, 1.165) is 24.8 Å². The van der Waals surface area contributed by atoms with E-state index in [4.69, 9.17) is 9.47 Å². The van der Waals surface area contributed by atoms with Crippen LogP contribution < -0.4 is 0 Å². The summed E-state index contributed by atoms with van der Waals surface area (Å²) < 4.78 is 11.5. The normalized spacial score (nSPS) is 39.2. The Morgan fingerprint density at radius 3 is 2.34 bits per heavy atom. The fourth-order valence-corrected chi connectivity index (χ4v) is 7.60. The van der Waals surface area contributed by atoms with Gasteiger partial charge >= 0.3 is 11.9 Å². The molecule has 8 atom stereocenters. The summed E-state index contributed by atoms with van der Waals surface area (Å²) in [5.74, 6) is -1.81. The summed E-state index contributed by atoms with van der Waals surface area (Å²) in [6.45, 7) is 14.9. The topological polar surface area (TPSA) is 86.7 Å². The number of hydrogen-bond donors (Lipinski definition) is 0. The molecule has 0 heterocycles. The molecule has 0 bridgehead atoms. The largest absolute Gasteiger partial charge is 0.462 e. The number of ketones is 2. The Balaban J connectivity index is 2.13. The van der Waals surface area contributed by atoms with Crippen LogP contribution in [0.4, 0.5) is 0 Å². The van der Waals surface area contributed by atoms with Gasteiger partial charge in [-0.15, -0.1) is 0 Å². The molecular weight excluding hydrogens is 444 g/mol. The molecule has 3 aliphatic carbocycles. The molecule has 6 nitrogen and oxygen atoms in total. The highest BCUT2D eigenvalue weighted by molar-refractivity contribution is 5.97. The van der Waals surface area contributed by atoms with Gasteiger partial charge in [-0.2, -0.15) is 0 Å². The van der Waals surface area contributed by atoms with Gasteiger partial charge in [0.25, 0.3) is 0 Å². The molecule has 6 heteroatoms. The summed E-state index contributed by atoms with van der Waals surface area (Å²) in [4.78, 5) is 51.2. The number of carbonyl (C=O) groups is 4. The van der Waals surface area contributed by atoms with Crippen molar-refractivity contribution in [1.82, 2.24) is 0 Å². The van der Waals surface area contributed by atoms with Gasteiger partial charge in [0.1, 0.15) is 6.10 Å². The maximum atomic E-state index is 14.4. The number of fused-ring (bicyclic) bond motifs is 3. The molecule has 3 unspecified atom stereocenters. The highest BCUT2D eigenvalue weighted by Gasteiger charge is 2.70. The van der Waals surface area contributed by atoms with Gasteiger partial charge < -0.3 is 9.47 Å². The highest BCUT2D eigenvalue weighted by atomic mass is 16.5. The lowest BCUT2D eigenvalue weighted by Crippen LogP contribution is -2.69. The molecule has 0 N–H and O–H groups in total. The standard InChI is InChI=1S/C29H42O6/c1-17(2)11-12-21(34-19(4)30)16-27(6)14-9-10-23-28(7)15-13-22(32)18(3)24(28)25(35-20(5)31)26(33)29(23,27)8/h11,13,15,18,21,23-25H,9-10,12,14,16H2,1-8H3/t18-,21?,23?,24?,25+,27-,28-,29-/m1/s1. The predicted octanol–water partition coefficient (Wildman–Crippen LogP) is 5.39. The number of carbonyl (C=O) groups excluding carboxylic acids is 4. The molecule has 194 valence electrons. The average molecular weight is 487 g/mol. The van der Waals surface area contributed by atoms with Gasteiger partial charge in [-0.1, -0.05) is 51.8 Å². The average Bonchev–Trinajstić information content (AvgIpc) is 2.74. The van der Waals surface area contributed by atoms with E-state index < -0.39 is 40.2 Å². The number of ether oxygens (including phenoxy) is 2. The van der Waals surface area contributed by atoms with E-state index in [-0.39, 0.29) is 29.6 Å². The van der Waals surface area contributed by atoms with Crippen molar-refractivity contribution in [1.29, 1.82) is 0 Å². The Kier molecular flexibility index (Phi) is 7.55. The zero-order valence-corrected chi connectivity index (χ0v) is 22.6. The molecule has 0 aromatic carbocycles. The van der Waals surface area contributed by atoms with Crippen molar-refractivity contribution >= 4 is 23.5 Å². The van der Waals surface area contributed by atoms with Crippen molar-refractivity contribution in [2.24, 2.45) is 34.0 Å². The fraction of sp³-hybridized carbons (Fsp3) is 0.724. The Morgan fingerprint density at radius 2 is 1.77 bits per heavy atom. The zero-order chi connectivity index (χ0) is 26.3. The first kappa shape index (κ1) is 27.3. The molecule has 2 saturated carbocycles. The second-order valence-corrected chi connectivity index (χ2v) is 12.0. The van der Waals surface area contributed by atoms with Gasteiger partial charge in [-0.25, -0.2) is 0 Å². The highest BCUT2D eigenvalue weighted by Crippen LogP contribution is 2.68. The third kappa shape index (κ3) is 4.65. The first-order valence-corrected chi connectivity index (χ1v) is 12.9. The van der Waals surface area contributed by atoms with E-state index in [1.165, 1.54) is 13.8 Å². The fourth-order valence-electron chi connectivity index (χ4n) is 7.60. The summed E-state index contributed by atoms with van der Waals surface area (Å²) in [5, 5.41) is 0. The molecule has 0 spiro atoms. The maximum absolute atomic E-state index is 14.4. The van der Waals surface area contributed by atoms with E-state index >= 15 is 0 Å². The summed E-state index contributed by atoms with van der Waals surface area (Å²) in [7, 11) is 0. The number of rotatable bonds is 6. The van der Waals surface area contributed by atoms with Crippen molar-refractivity contribution in [3.63, 3.8) is 0 Å². The van der Waals surface area contributed by atoms with Crippen LogP contribution in [0.2, 0.25) is 0 Å². The minimum Gasteiger partial charge on any atom is -0.462 e. The molecule has 0 amide bonds. The molecule has 0 aliphatic heterocycles. The van der Waals surface area contributed by atoms with E-state index in [1.54, 1.807) is 6.08 Å². The van der Waals surface area contributed by atoms with Crippen LogP contribution in [0.15, 0.2) is 23.8 Å². The van der Waals surface area contributed by atoms with E-state index in [9.17, 15) is 19.2 Å². The quantitative estimate of drug-likeness (QED) is 0.370. The number of Topliss-reactive ketones (excluding diaryl/α,β-unsaturated/α-hetero) is 1. The molecule has 3 aliphatic rings. The monoisotopic (exact) mass is 486 g/mol. The van der Waals surface area contributed by atoms with Gasteiger partial charge in [0, 0.05) is 37.5 Å². The van der Waals surface area contributed by atoms with Gasteiger partial charge in [0.05, 0.1) is 0 Å². The molecule has 0 radical (unpaired) electrons. The van der Waals surface area contributed by atoms with Crippen LogP contribution in [-0.2, 0) is 28.7 Å². The van der Waals surface area contributed by atoms with Gasteiger partial charge in [-0.05, 0) is 55.9 Å². The summed E-state index contributed by atoms with van der Waals surface area (Å²) >= 11 is 0. The zero-order valence-electron chi connectivity index (χ0n) is 22.6. The smallest absolute Gasteiger partial charge is 0.303 e. The number of allylic oxidation sites excluding steroid dienone is 3. The van der Waals surface area contributed by atoms with Crippen molar-refractivity contribution in [2.75, 3.05) is 0 Å². The maximum Gasteiger partial charge on any atom is 0.303 e. The first-order chi connectivity index (χ1) is 16.2. The van der Waals surface area contributed by atoms with Crippen LogP contribution in [0.1, 0.15) is 87.5 Å². The second-order valence-electron chi connectivity index (χ2n) is 12.0. The third-order valence-electron chi connectivity index (χ3n) is 9.42. The summed E-state index contributed by atoms with van der Waals surface area (Å²) in [6, 6.07) is 0. The summed E-state index contributed by atoms with van der Waals surface area (Å²) in [6.07, 6.45) is 8.11. The first-order valence-electron chi connectivity index (χ1n) is 12.9. The summed E-state index contributed by atoms with van der Waals surface area (Å²) in [5.41, 5.74) is -0.628. The lowest BCUT2D eigenvalue weighted by Gasteiger charge is -2.65. The van der Waals surface area contributed by atoms with Crippen molar-refractivity contribution in [2.45, 2.75) is 99.7 Å². The Bertz CT molecular complexity index is 958. The lowest BCUT2D eigenvalue weighted by molar-refractivity contribution is -0.206. The minimum atomic E-state index is -0.981. The SMILES string of the molecule is CC(=O)OC(CC=C(C)C)C[C@@]1(C)CCCC2[C@@]3(C)C=CC(=O)[C@@H](C)C3[C@H](OC(C)=O)C(=O)[C@@]21C. The molecule has 0 aromatic rings. The lowest BCUT2D eigenvalue weighted by atomic mass is 9.38. The molecule has 35 heavy (non-hydrogen) atoms. The van der Waals surface area contributed by atoms with Crippen LogP contribution in [0.5, 0.6) is 0 Å². The van der Waals surface area contributed by atoms with Crippen LogP contribution in [0.3, 0.4) is 0 Å². The van der Waals surface area contributed by atoms with Crippen molar-refractivity contribution in [3.8, 4) is 0 Å². The van der Waals surface area contributed by atoms with E-state index in [0.29, 0.717) is 12.8 Å². The molecule has 0 aromatic heterocycles. The predicted molar refractivity (Wildman–Crippen MR) is 133 cm³/mol. The van der Waals surface area contributed by atoms with E-state index in [2.05, 4.69) is 19.9 Å². The van der Waals surface area contributed by atoms with Gasteiger partial charge in [-0.3, -0.25) is 19.2 Å². The van der Waals surface area contributed by atoms with Crippen LogP contribution >= 0.6 is 0 Å². The molecule has 2 fully saturated rings. The Morgan fingerprint density at radius 1 is 1.11 bits per heavy atom. The van der Waals surface area contributed by atoms with Crippen LogP contribution in [-0.4, -0.2) is 35.7 Å². The van der Waals surface area contributed by atoms with Crippen molar-refractivity contribution in [3.05, 3.63) is 23.8 Å². The second kappa shape index (κ2) is 9.67. The van der Waals surface area contributed by atoms with Crippen molar-refractivity contribution < 1.29 is 28.7 Å². The third-order valence-corrected chi connectivity index (χ3v) is 9.42. The minimum absolute atomic E-state index is 0.0220. The molecule has 0 saturated heterocycles.